The minimum Gasteiger partial charge on any atom is -0.484 e. The Labute approximate surface area is 150 Å². The predicted molar refractivity (Wildman–Crippen MR) is 101 cm³/mol. The van der Waals surface area contributed by atoms with Crippen molar-refractivity contribution in [1.29, 1.82) is 0 Å². The zero-order valence-corrected chi connectivity index (χ0v) is 15.1. The number of amides is 1. The SMILES string of the molecule is CCNC(=O)COc1cccc(CN=C(N)NC2CCCCCC2)c1. The second kappa shape index (κ2) is 10.6. The van der Waals surface area contributed by atoms with Gasteiger partial charge in [0, 0.05) is 12.6 Å². The van der Waals surface area contributed by atoms with Crippen LogP contribution in [0.5, 0.6) is 5.75 Å². The van der Waals surface area contributed by atoms with Crippen LogP contribution in [-0.4, -0.2) is 31.1 Å². The quantitative estimate of drug-likeness (QED) is 0.402. The van der Waals surface area contributed by atoms with Crippen molar-refractivity contribution < 1.29 is 9.53 Å². The fourth-order valence-electron chi connectivity index (χ4n) is 2.99. The number of hydrogen-bond acceptors (Lipinski definition) is 3. The molecule has 6 heteroatoms. The first-order valence-corrected chi connectivity index (χ1v) is 9.22. The van der Waals surface area contributed by atoms with Crippen LogP contribution in [0.3, 0.4) is 0 Å². The highest BCUT2D eigenvalue weighted by Gasteiger charge is 2.12. The number of ether oxygens (including phenoxy) is 1. The summed E-state index contributed by atoms with van der Waals surface area (Å²) in [5.41, 5.74) is 7.03. The Morgan fingerprint density at radius 2 is 2.04 bits per heavy atom. The van der Waals surface area contributed by atoms with E-state index in [4.69, 9.17) is 10.5 Å². The molecule has 0 radical (unpaired) electrons. The van der Waals surface area contributed by atoms with Gasteiger partial charge in [-0.05, 0) is 37.5 Å². The van der Waals surface area contributed by atoms with Crippen molar-refractivity contribution in [3.05, 3.63) is 29.8 Å². The Morgan fingerprint density at radius 1 is 1.28 bits per heavy atom. The Hall–Kier alpha value is -2.24. The molecule has 0 bridgehead atoms. The highest BCUT2D eigenvalue weighted by atomic mass is 16.5. The molecule has 2 rings (SSSR count). The number of guanidine groups is 1. The number of nitrogens with two attached hydrogens (primary N) is 1. The smallest absolute Gasteiger partial charge is 0.257 e. The van der Waals surface area contributed by atoms with Crippen LogP contribution in [0.2, 0.25) is 0 Å². The fourth-order valence-corrected chi connectivity index (χ4v) is 2.99. The minimum atomic E-state index is -0.122. The van der Waals surface area contributed by atoms with E-state index in [1.54, 1.807) is 0 Å². The molecule has 0 spiro atoms. The van der Waals surface area contributed by atoms with E-state index in [0.717, 1.165) is 5.56 Å². The molecule has 4 N–H and O–H groups in total. The van der Waals surface area contributed by atoms with E-state index >= 15 is 0 Å². The zero-order valence-electron chi connectivity index (χ0n) is 15.1. The molecule has 0 aliphatic heterocycles. The molecule has 1 aromatic carbocycles. The van der Waals surface area contributed by atoms with Crippen LogP contribution in [0.25, 0.3) is 0 Å². The van der Waals surface area contributed by atoms with Gasteiger partial charge in [0.25, 0.3) is 5.91 Å². The fraction of sp³-hybridized carbons (Fsp3) is 0.579. The second-order valence-electron chi connectivity index (χ2n) is 6.42. The molecule has 1 saturated carbocycles. The molecule has 6 nitrogen and oxygen atoms in total. The summed E-state index contributed by atoms with van der Waals surface area (Å²) in [5, 5.41) is 6.04. The van der Waals surface area contributed by atoms with Crippen LogP contribution in [0.1, 0.15) is 51.0 Å². The van der Waals surface area contributed by atoms with Crippen molar-refractivity contribution in [3.63, 3.8) is 0 Å². The highest BCUT2D eigenvalue weighted by Crippen LogP contribution is 2.17. The summed E-state index contributed by atoms with van der Waals surface area (Å²) in [6, 6.07) is 8.04. The molecule has 1 fully saturated rings. The number of aliphatic imine (C=N–C) groups is 1. The molecule has 1 aliphatic rings. The standard InChI is InChI=1S/C19H30N4O2/c1-2-21-18(24)14-25-17-11-7-8-15(12-17)13-22-19(20)23-16-9-5-3-4-6-10-16/h7-8,11-12,16H,2-6,9-10,13-14H2,1H3,(H,21,24)(H3,20,22,23). The molecule has 0 saturated heterocycles. The van der Waals surface area contributed by atoms with Gasteiger partial charge in [-0.25, -0.2) is 4.99 Å². The van der Waals surface area contributed by atoms with Crippen LogP contribution in [0.15, 0.2) is 29.3 Å². The maximum atomic E-state index is 11.4. The summed E-state index contributed by atoms with van der Waals surface area (Å²) in [7, 11) is 0. The van der Waals surface area contributed by atoms with Gasteiger partial charge < -0.3 is 21.1 Å². The van der Waals surface area contributed by atoms with Crippen LogP contribution in [-0.2, 0) is 11.3 Å². The average molecular weight is 346 g/mol. The number of carbonyl (C=O) groups is 1. The van der Waals surface area contributed by atoms with Crippen molar-refractivity contribution in [2.45, 2.75) is 58.0 Å². The maximum absolute atomic E-state index is 11.4. The first-order valence-electron chi connectivity index (χ1n) is 9.22. The third kappa shape index (κ3) is 7.45. The topological polar surface area (TPSA) is 88.7 Å². The lowest BCUT2D eigenvalue weighted by Gasteiger charge is -2.16. The van der Waals surface area contributed by atoms with Crippen molar-refractivity contribution in [3.8, 4) is 5.75 Å². The largest absolute Gasteiger partial charge is 0.484 e. The van der Waals surface area contributed by atoms with Gasteiger partial charge in [-0.1, -0.05) is 37.8 Å². The Morgan fingerprint density at radius 3 is 2.76 bits per heavy atom. The van der Waals surface area contributed by atoms with Crippen LogP contribution >= 0.6 is 0 Å². The van der Waals surface area contributed by atoms with Gasteiger partial charge in [0.05, 0.1) is 6.54 Å². The molecule has 0 atom stereocenters. The minimum absolute atomic E-state index is 0.0198. The van der Waals surface area contributed by atoms with Gasteiger partial charge in [0.1, 0.15) is 5.75 Å². The molecule has 1 aromatic rings. The van der Waals surface area contributed by atoms with E-state index in [1.807, 2.05) is 31.2 Å². The molecule has 1 amide bonds. The summed E-state index contributed by atoms with van der Waals surface area (Å²) >= 11 is 0. The lowest BCUT2D eigenvalue weighted by atomic mass is 10.1. The summed E-state index contributed by atoms with van der Waals surface area (Å²) in [6.45, 7) is 2.99. The Balaban J connectivity index is 1.82. The van der Waals surface area contributed by atoms with E-state index in [1.165, 1.54) is 38.5 Å². The maximum Gasteiger partial charge on any atom is 0.257 e. The summed E-state index contributed by atoms with van der Waals surface area (Å²) < 4.78 is 5.50. The number of nitrogens with zero attached hydrogens (tertiary/aromatic N) is 1. The summed E-state index contributed by atoms with van der Waals surface area (Å²) in [4.78, 5) is 15.9. The summed E-state index contributed by atoms with van der Waals surface area (Å²) in [6.07, 6.45) is 7.49. The molecular weight excluding hydrogens is 316 g/mol. The number of hydrogen-bond donors (Lipinski definition) is 3. The first kappa shape index (κ1) is 19.1. The third-order valence-corrected chi connectivity index (χ3v) is 4.28. The van der Waals surface area contributed by atoms with Crippen LogP contribution in [0.4, 0.5) is 0 Å². The molecule has 0 heterocycles. The van der Waals surface area contributed by atoms with Gasteiger partial charge in [-0.2, -0.15) is 0 Å². The molecule has 25 heavy (non-hydrogen) atoms. The van der Waals surface area contributed by atoms with Gasteiger partial charge in [-0.15, -0.1) is 0 Å². The highest BCUT2D eigenvalue weighted by molar-refractivity contribution is 5.78. The van der Waals surface area contributed by atoms with E-state index in [2.05, 4.69) is 15.6 Å². The van der Waals surface area contributed by atoms with Gasteiger partial charge in [-0.3, -0.25) is 4.79 Å². The van der Waals surface area contributed by atoms with Crippen molar-refractivity contribution >= 4 is 11.9 Å². The first-order chi connectivity index (χ1) is 12.2. The van der Waals surface area contributed by atoms with Crippen LogP contribution < -0.4 is 21.1 Å². The number of benzene rings is 1. The van der Waals surface area contributed by atoms with Gasteiger partial charge in [0.15, 0.2) is 12.6 Å². The van der Waals surface area contributed by atoms with Gasteiger partial charge >= 0.3 is 0 Å². The van der Waals surface area contributed by atoms with E-state index in [-0.39, 0.29) is 12.5 Å². The lowest BCUT2D eigenvalue weighted by molar-refractivity contribution is -0.122. The zero-order chi connectivity index (χ0) is 17.9. The Bertz CT molecular complexity index is 566. The second-order valence-corrected chi connectivity index (χ2v) is 6.42. The predicted octanol–water partition coefficient (Wildman–Crippen LogP) is 2.33. The molecule has 1 aliphatic carbocycles. The third-order valence-electron chi connectivity index (χ3n) is 4.28. The average Bonchev–Trinajstić information content (AvgIpc) is 2.87. The Kier molecular flexibility index (Phi) is 8.09. The number of rotatable bonds is 7. The van der Waals surface area contributed by atoms with Crippen molar-refractivity contribution in [2.24, 2.45) is 10.7 Å². The lowest BCUT2D eigenvalue weighted by Crippen LogP contribution is -2.39. The van der Waals surface area contributed by atoms with Crippen molar-refractivity contribution in [2.75, 3.05) is 13.2 Å². The molecule has 138 valence electrons. The summed E-state index contributed by atoms with van der Waals surface area (Å²) in [5.74, 6) is 1.04. The molecule has 0 aromatic heterocycles. The monoisotopic (exact) mass is 346 g/mol. The molecule has 0 unspecified atom stereocenters. The number of carbonyl (C=O) groups excluding carboxylic acids is 1. The number of nitrogens with one attached hydrogen (secondary N) is 2. The normalized spacial score (nSPS) is 16.1. The van der Waals surface area contributed by atoms with E-state index in [0.29, 0.717) is 30.8 Å². The van der Waals surface area contributed by atoms with Crippen LogP contribution in [0, 0.1) is 0 Å². The van der Waals surface area contributed by atoms with Crippen molar-refractivity contribution in [1.82, 2.24) is 10.6 Å². The number of likely N-dealkylation sites (N-methyl/N-ethyl adjacent to an activating group) is 1. The van der Waals surface area contributed by atoms with Gasteiger partial charge in [0.2, 0.25) is 0 Å². The van der Waals surface area contributed by atoms with E-state index in [9.17, 15) is 4.79 Å². The van der Waals surface area contributed by atoms with E-state index < -0.39 is 0 Å². The molecular formula is C19H30N4O2.